The molecule has 1 aromatic carbocycles. The summed E-state index contributed by atoms with van der Waals surface area (Å²) in [5.41, 5.74) is 0. The summed E-state index contributed by atoms with van der Waals surface area (Å²) < 4.78 is 5.15. The van der Waals surface area contributed by atoms with E-state index in [1.165, 1.54) is 11.3 Å². The Bertz CT molecular complexity index is 726. The Labute approximate surface area is 128 Å². The van der Waals surface area contributed by atoms with Crippen molar-refractivity contribution in [2.75, 3.05) is 0 Å². The van der Waals surface area contributed by atoms with Gasteiger partial charge < -0.3 is 9.63 Å². The molecule has 0 bridgehead atoms. The highest BCUT2D eigenvalue weighted by molar-refractivity contribution is 7.98. The van der Waals surface area contributed by atoms with E-state index in [1.807, 2.05) is 24.3 Å². The van der Waals surface area contributed by atoms with Crippen LogP contribution in [0.5, 0.6) is 5.75 Å². The minimum atomic E-state index is 0.160. The smallest absolute Gasteiger partial charge is 0.271 e. The van der Waals surface area contributed by atoms with Gasteiger partial charge in [0, 0.05) is 9.92 Å². The van der Waals surface area contributed by atoms with E-state index < -0.39 is 0 Å². The molecule has 0 aliphatic heterocycles. The Morgan fingerprint density at radius 1 is 1.35 bits per heavy atom. The fourth-order valence-electron chi connectivity index (χ4n) is 1.57. The second-order valence-corrected chi connectivity index (χ2v) is 6.30. The molecule has 2 heterocycles. The lowest BCUT2D eigenvalue weighted by Gasteiger charge is -1.98. The lowest BCUT2D eigenvalue weighted by molar-refractivity contribution is 0.421. The summed E-state index contributed by atoms with van der Waals surface area (Å²) in [5.74, 6) is 1.67. The van der Waals surface area contributed by atoms with Crippen LogP contribution in [0.3, 0.4) is 0 Å². The van der Waals surface area contributed by atoms with Crippen molar-refractivity contribution in [1.82, 2.24) is 10.1 Å². The zero-order valence-electron chi connectivity index (χ0n) is 10.1. The summed E-state index contributed by atoms with van der Waals surface area (Å²) >= 11 is 8.86. The number of halogens is 1. The Balaban J connectivity index is 1.70. The lowest BCUT2D eigenvalue weighted by atomic mass is 10.4. The van der Waals surface area contributed by atoms with Crippen LogP contribution < -0.4 is 0 Å². The van der Waals surface area contributed by atoms with Gasteiger partial charge in [0.1, 0.15) is 10.6 Å². The summed E-state index contributed by atoms with van der Waals surface area (Å²) in [6.45, 7) is 0. The maximum Gasteiger partial charge on any atom is 0.271 e. The molecular formula is C13H9ClN2O2S2. The van der Waals surface area contributed by atoms with Crippen LogP contribution in [0, 0.1) is 0 Å². The third-order valence-corrected chi connectivity index (χ3v) is 4.59. The van der Waals surface area contributed by atoms with Crippen molar-refractivity contribution in [2.45, 2.75) is 10.6 Å². The number of nitrogens with zero attached hydrogens (tertiary/aromatic N) is 2. The average molecular weight is 325 g/mol. The number of aromatic hydroxyl groups is 1. The number of thioether (sulfide) groups is 1. The number of hydrogen-bond acceptors (Lipinski definition) is 6. The zero-order chi connectivity index (χ0) is 13.9. The highest BCUT2D eigenvalue weighted by atomic mass is 35.5. The highest BCUT2D eigenvalue weighted by Crippen LogP contribution is 2.33. The average Bonchev–Trinajstić information content (AvgIpc) is 3.05. The van der Waals surface area contributed by atoms with E-state index in [0.29, 0.717) is 27.4 Å². The van der Waals surface area contributed by atoms with Crippen LogP contribution >= 0.6 is 34.7 Å². The van der Waals surface area contributed by atoms with Crippen molar-refractivity contribution in [1.29, 1.82) is 0 Å². The Morgan fingerprint density at radius 2 is 2.25 bits per heavy atom. The van der Waals surface area contributed by atoms with E-state index in [0.717, 1.165) is 4.90 Å². The van der Waals surface area contributed by atoms with Crippen molar-refractivity contribution >= 4 is 34.7 Å². The first-order valence-corrected chi connectivity index (χ1v) is 7.94. The minimum Gasteiger partial charge on any atom is -0.506 e. The molecule has 2 aromatic heterocycles. The Hall–Kier alpha value is -1.50. The van der Waals surface area contributed by atoms with E-state index in [-0.39, 0.29) is 5.75 Å². The molecule has 20 heavy (non-hydrogen) atoms. The van der Waals surface area contributed by atoms with Gasteiger partial charge in [-0.3, -0.25) is 0 Å². The van der Waals surface area contributed by atoms with Gasteiger partial charge in [0.2, 0.25) is 0 Å². The molecular weight excluding hydrogens is 316 g/mol. The normalized spacial score (nSPS) is 10.8. The third-order valence-electron chi connectivity index (χ3n) is 2.47. The second kappa shape index (κ2) is 5.87. The van der Waals surface area contributed by atoms with Crippen molar-refractivity contribution in [2.24, 2.45) is 0 Å². The zero-order valence-corrected chi connectivity index (χ0v) is 12.5. The van der Waals surface area contributed by atoms with Gasteiger partial charge >= 0.3 is 0 Å². The first kappa shape index (κ1) is 13.5. The summed E-state index contributed by atoms with van der Waals surface area (Å²) in [4.78, 5) is 5.91. The van der Waals surface area contributed by atoms with E-state index in [1.54, 1.807) is 23.2 Å². The number of benzene rings is 1. The molecule has 0 aliphatic rings. The SMILES string of the molecule is Oc1ccsc1-c1nc(CSc2cccc(Cl)c2)no1. The molecule has 0 radical (unpaired) electrons. The maximum absolute atomic E-state index is 9.61. The Kier molecular flexibility index (Phi) is 3.95. The molecule has 7 heteroatoms. The van der Waals surface area contributed by atoms with Crippen LogP contribution in [0.1, 0.15) is 5.82 Å². The summed E-state index contributed by atoms with van der Waals surface area (Å²) in [7, 11) is 0. The largest absolute Gasteiger partial charge is 0.506 e. The summed E-state index contributed by atoms with van der Waals surface area (Å²) in [6, 6.07) is 9.19. The first-order chi connectivity index (χ1) is 9.72. The van der Waals surface area contributed by atoms with Crippen LogP contribution in [0.25, 0.3) is 10.8 Å². The fourth-order valence-corrected chi connectivity index (χ4v) is 3.33. The van der Waals surface area contributed by atoms with Crippen LogP contribution in [-0.4, -0.2) is 15.2 Å². The second-order valence-electron chi connectivity index (χ2n) is 3.90. The summed E-state index contributed by atoms with van der Waals surface area (Å²) in [6.07, 6.45) is 0. The highest BCUT2D eigenvalue weighted by Gasteiger charge is 2.14. The van der Waals surface area contributed by atoms with Gasteiger partial charge in [-0.1, -0.05) is 22.8 Å². The molecule has 1 N–H and O–H groups in total. The first-order valence-electron chi connectivity index (χ1n) is 5.70. The van der Waals surface area contributed by atoms with Gasteiger partial charge in [0.15, 0.2) is 5.82 Å². The van der Waals surface area contributed by atoms with Crippen molar-refractivity contribution in [3.05, 3.63) is 46.6 Å². The number of hydrogen-bond donors (Lipinski definition) is 1. The summed E-state index contributed by atoms with van der Waals surface area (Å²) in [5, 5.41) is 16.0. The number of rotatable bonds is 4. The molecule has 0 aliphatic carbocycles. The van der Waals surface area contributed by atoms with E-state index in [2.05, 4.69) is 10.1 Å². The van der Waals surface area contributed by atoms with Crippen molar-refractivity contribution in [3.8, 4) is 16.5 Å². The van der Waals surface area contributed by atoms with Gasteiger partial charge in [0.25, 0.3) is 5.89 Å². The molecule has 0 atom stereocenters. The van der Waals surface area contributed by atoms with Crippen LogP contribution in [-0.2, 0) is 5.75 Å². The molecule has 3 rings (SSSR count). The molecule has 0 saturated carbocycles. The molecule has 0 amide bonds. The van der Waals surface area contributed by atoms with Crippen LogP contribution in [0.15, 0.2) is 45.1 Å². The lowest BCUT2D eigenvalue weighted by Crippen LogP contribution is -1.83. The Morgan fingerprint density at radius 3 is 3.00 bits per heavy atom. The van der Waals surface area contributed by atoms with Crippen LogP contribution in [0.4, 0.5) is 0 Å². The fraction of sp³-hybridized carbons (Fsp3) is 0.0769. The quantitative estimate of drug-likeness (QED) is 0.718. The third kappa shape index (κ3) is 2.98. The van der Waals surface area contributed by atoms with Crippen molar-refractivity contribution in [3.63, 3.8) is 0 Å². The van der Waals surface area contributed by atoms with E-state index in [9.17, 15) is 5.11 Å². The number of thiophene rings is 1. The molecule has 102 valence electrons. The molecule has 0 saturated heterocycles. The molecule has 0 fully saturated rings. The van der Waals surface area contributed by atoms with Gasteiger partial charge in [-0.15, -0.1) is 23.1 Å². The van der Waals surface area contributed by atoms with Crippen molar-refractivity contribution < 1.29 is 9.63 Å². The monoisotopic (exact) mass is 324 g/mol. The molecule has 3 aromatic rings. The standard InChI is InChI=1S/C13H9ClN2O2S2/c14-8-2-1-3-9(6-8)20-7-11-15-13(18-16-11)12-10(17)4-5-19-12/h1-6,17H,7H2. The molecule has 0 spiro atoms. The van der Waals surface area contributed by atoms with E-state index in [4.69, 9.17) is 16.1 Å². The minimum absolute atomic E-state index is 0.160. The van der Waals surface area contributed by atoms with Gasteiger partial charge in [-0.2, -0.15) is 4.98 Å². The predicted molar refractivity (Wildman–Crippen MR) is 80.3 cm³/mol. The molecule has 4 nitrogen and oxygen atoms in total. The molecule has 0 unspecified atom stereocenters. The van der Waals surface area contributed by atoms with Gasteiger partial charge in [0.05, 0.1) is 5.75 Å². The van der Waals surface area contributed by atoms with E-state index >= 15 is 0 Å². The predicted octanol–water partition coefficient (Wildman–Crippen LogP) is 4.45. The van der Waals surface area contributed by atoms with Gasteiger partial charge in [-0.05, 0) is 29.6 Å². The van der Waals surface area contributed by atoms with Gasteiger partial charge in [-0.25, -0.2) is 0 Å². The maximum atomic E-state index is 9.61. The topological polar surface area (TPSA) is 59.2 Å². The van der Waals surface area contributed by atoms with Crippen LogP contribution in [0.2, 0.25) is 5.02 Å². The number of aromatic nitrogens is 2.